The van der Waals surface area contributed by atoms with E-state index in [0.717, 1.165) is 0 Å². The second-order valence-electron chi connectivity index (χ2n) is 4.50. The molecule has 1 aliphatic heterocycles. The molecule has 2 unspecified atom stereocenters. The standard InChI is InChI=1S/C11H15ClN2O3S/c1-8-3-5-14(7-10(8)15)18(16,17)11-6-13-4-2-9(11)12/h2,4,6,8,10,15H,3,5,7H2,1H3. The van der Waals surface area contributed by atoms with Crippen molar-refractivity contribution in [1.29, 1.82) is 0 Å². The van der Waals surface area contributed by atoms with Gasteiger partial charge in [-0.1, -0.05) is 18.5 Å². The summed E-state index contributed by atoms with van der Waals surface area (Å²) in [7, 11) is -3.67. The zero-order valence-electron chi connectivity index (χ0n) is 9.95. The average molecular weight is 291 g/mol. The number of halogens is 1. The molecule has 1 N–H and O–H groups in total. The van der Waals surface area contributed by atoms with E-state index >= 15 is 0 Å². The molecule has 0 radical (unpaired) electrons. The minimum atomic E-state index is -3.67. The molecule has 0 saturated carbocycles. The van der Waals surface area contributed by atoms with Gasteiger partial charge in [0.2, 0.25) is 10.0 Å². The molecule has 2 heterocycles. The van der Waals surface area contributed by atoms with E-state index in [1.54, 1.807) is 0 Å². The maximum atomic E-state index is 12.4. The second kappa shape index (κ2) is 5.13. The highest BCUT2D eigenvalue weighted by molar-refractivity contribution is 7.89. The fraction of sp³-hybridized carbons (Fsp3) is 0.545. The van der Waals surface area contributed by atoms with E-state index < -0.39 is 16.1 Å². The zero-order valence-corrected chi connectivity index (χ0v) is 11.5. The summed E-state index contributed by atoms with van der Waals surface area (Å²) in [4.78, 5) is 3.78. The Morgan fingerprint density at radius 3 is 2.89 bits per heavy atom. The van der Waals surface area contributed by atoms with Crippen molar-refractivity contribution < 1.29 is 13.5 Å². The molecule has 1 fully saturated rings. The summed E-state index contributed by atoms with van der Waals surface area (Å²) in [5.41, 5.74) is 0. The Morgan fingerprint density at radius 1 is 1.56 bits per heavy atom. The van der Waals surface area contributed by atoms with Crippen molar-refractivity contribution in [2.75, 3.05) is 13.1 Å². The lowest BCUT2D eigenvalue weighted by molar-refractivity contribution is 0.0605. The molecule has 1 aliphatic rings. The van der Waals surface area contributed by atoms with Crippen LogP contribution in [0.2, 0.25) is 5.02 Å². The molecule has 0 spiro atoms. The van der Waals surface area contributed by atoms with Crippen LogP contribution in [0, 0.1) is 5.92 Å². The predicted octanol–water partition coefficient (Wildman–Crippen LogP) is 1.13. The van der Waals surface area contributed by atoms with Gasteiger partial charge >= 0.3 is 0 Å². The van der Waals surface area contributed by atoms with E-state index in [0.29, 0.717) is 13.0 Å². The fourth-order valence-corrected chi connectivity index (χ4v) is 3.81. The summed E-state index contributed by atoms with van der Waals surface area (Å²) in [5.74, 6) is 0.112. The van der Waals surface area contributed by atoms with Gasteiger partial charge in [-0.2, -0.15) is 4.31 Å². The molecule has 1 saturated heterocycles. The number of pyridine rings is 1. The number of piperidine rings is 1. The SMILES string of the molecule is CC1CCN(S(=O)(=O)c2cnccc2Cl)CC1O. The van der Waals surface area contributed by atoms with Crippen molar-refractivity contribution in [2.24, 2.45) is 5.92 Å². The maximum absolute atomic E-state index is 12.4. The third-order valence-electron chi connectivity index (χ3n) is 3.23. The van der Waals surface area contributed by atoms with Crippen LogP contribution in [0.15, 0.2) is 23.4 Å². The molecule has 2 rings (SSSR count). The van der Waals surface area contributed by atoms with Gasteiger partial charge in [0.05, 0.1) is 11.1 Å². The van der Waals surface area contributed by atoms with Gasteiger partial charge in [0.25, 0.3) is 0 Å². The van der Waals surface area contributed by atoms with Crippen LogP contribution in [0.4, 0.5) is 0 Å². The summed E-state index contributed by atoms with van der Waals surface area (Å²) in [6.07, 6.45) is 2.68. The van der Waals surface area contributed by atoms with Gasteiger partial charge in [-0.25, -0.2) is 8.42 Å². The Kier molecular flexibility index (Phi) is 3.91. The molecular weight excluding hydrogens is 276 g/mol. The first kappa shape index (κ1) is 13.7. The number of aliphatic hydroxyl groups is 1. The van der Waals surface area contributed by atoms with Gasteiger partial charge in [0.15, 0.2) is 0 Å². The number of sulfonamides is 1. The lowest BCUT2D eigenvalue weighted by atomic mass is 9.98. The van der Waals surface area contributed by atoms with E-state index in [1.165, 1.54) is 22.8 Å². The van der Waals surface area contributed by atoms with Crippen molar-refractivity contribution >= 4 is 21.6 Å². The Hall–Kier alpha value is -0.690. The first-order valence-corrected chi connectivity index (χ1v) is 7.52. The van der Waals surface area contributed by atoms with E-state index in [1.807, 2.05) is 6.92 Å². The van der Waals surface area contributed by atoms with Crippen LogP contribution in [0.1, 0.15) is 13.3 Å². The molecule has 1 aromatic heterocycles. The van der Waals surface area contributed by atoms with E-state index in [9.17, 15) is 13.5 Å². The van der Waals surface area contributed by atoms with Crippen LogP contribution in [0.5, 0.6) is 0 Å². The first-order valence-electron chi connectivity index (χ1n) is 5.70. The smallest absolute Gasteiger partial charge is 0.246 e. The van der Waals surface area contributed by atoms with Crippen molar-refractivity contribution in [2.45, 2.75) is 24.3 Å². The Labute approximate surface area is 111 Å². The van der Waals surface area contributed by atoms with E-state index in [4.69, 9.17) is 11.6 Å². The van der Waals surface area contributed by atoms with E-state index in [-0.39, 0.29) is 22.4 Å². The quantitative estimate of drug-likeness (QED) is 0.886. The lowest BCUT2D eigenvalue weighted by Gasteiger charge is -2.33. The minimum Gasteiger partial charge on any atom is -0.391 e. The molecule has 0 aliphatic carbocycles. The monoisotopic (exact) mass is 290 g/mol. The molecule has 18 heavy (non-hydrogen) atoms. The van der Waals surface area contributed by atoms with Crippen molar-refractivity contribution in [3.8, 4) is 0 Å². The first-order chi connectivity index (χ1) is 8.43. The number of nitrogens with zero attached hydrogens (tertiary/aromatic N) is 2. The number of hydrogen-bond acceptors (Lipinski definition) is 4. The number of hydrogen-bond donors (Lipinski definition) is 1. The van der Waals surface area contributed by atoms with Gasteiger partial charge in [0, 0.05) is 25.5 Å². The predicted molar refractivity (Wildman–Crippen MR) is 67.8 cm³/mol. The zero-order chi connectivity index (χ0) is 13.3. The van der Waals surface area contributed by atoms with Crippen LogP contribution < -0.4 is 0 Å². The van der Waals surface area contributed by atoms with Crippen LogP contribution in [-0.4, -0.2) is 42.0 Å². The number of aromatic nitrogens is 1. The normalized spacial score (nSPS) is 26.2. The maximum Gasteiger partial charge on any atom is 0.246 e. The lowest BCUT2D eigenvalue weighted by Crippen LogP contribution is -2.45. The largest absolute Gasteiger partial charge is 0.391 e. The molecule has 0 aromatic carbocycles. The Balaban J connectivity index is 2.30. The van der Waals surface area contributed by atoms with Crippen molar-refractivity contribution in [1.82, 2.24) is 9.29 Å². The summed E-state index contributed by atoms with van der Waals surface area (Å²) < 4.78 is 26.0. The topological polar surface area (TPSA) is 70.5 Å². The van der Waals surface area contributed by atoms with Crippen molar-refractivity contribution in [3.05, 3.63) is 23.5 Å². The average Bonchev–Trinajstić information content (AvgIpc) is 2.33. The summed E-state index contributed by atoms with van der Waals surface area (Å²) >= 11 is 5.88. The van der Waals surface area contributed by atoms with Crippen LogP contribution in [0.25, 0.3) is 0 Å². The van der Waals surface area contributed by atoms with Gasteiger partial charge in [0.1, 0.15) is 4.90 Å². The highest BCUT2D eigenvalue weighted by atomic mass is 35.5. The summed E-state index contributed by atoms with van der Waals surface area (Å²) in [6, 6.07) is 1.44. The highest BCUT2D eigenvalue weighted by Crippen LogP contribution is 2.27. The van der Waals surface area contributed by atoms with Gasteiger partial charge in [-0.3, -0.25) is 4.98 Å². The third-order valence-corrected chi connectivity index (χ3v) is 5.57. The Morgan fingerprint density at radius 2 is 2.28 bits per heavy atom. The van der Waals surface area contributed by atoms with Crippen molar-refractivity contribution in [3.63, 3.8) is 0 Å². The molecule has 0 bridgehead atoms. The minimum absolute atomic E-state index is 0.00609. The Bertz CT molecular complexity index is 535. The molecular formula is C11H15ClN2O3S. The second-order valence-corrected chi connectivity index (χ2v) is 6.82. The molecule has 1 aromatic rings. The number of aliphatic hydroxyl groups excluding tert-OH is 1. The number of rotatable bonds is 2. The van der Waals surface area contributed by atoms with Crippen LogP contribution in [-0.2, 0) is 10.0 Å². The molecule has 0 amide bonds. The number of β-amino-alcohol motifs (C(OH)–C–C–N with tert-alkyl or cyclic N) is 1. The summed E-state index contributed by atoms with van der Waals surface area (Å²) in [6.45, 7) is 2.41. The van der Waals surface area contributed by atoms with Crippen LogP contribution >= 0.6 is 11.6 Å². The van der Waals surface area contributed by atoms with Gasteiger partial charge in [-0.15, -0.1) is 0 Å². The highest BCUT2D eigenvalue weighted by Gasteiger charge is 2.33. The fourth-order valence-electron chi connectivity index (χ4n) is 1.93. The third kappa shape index (κ3) is 2.51. The molecule has 100 valence electrons. The molecule has 2 atom stereocenters. The van der Waals surface area contributed by atoms with Crippen LogP contribution in [0.3, 0.4) is 0 Å². The van der Waals surface area contributed by atoms with E-state index in [2.05, 4.69) is 4.98 Å². The van der Waals surface area contributed by atoms with Gasteiger partial charge in [-0.05, 0) is 18.4 Å². The molecule has 7 heteroatoms. The molecule has 5 nitrogen and oxygen atoms in total. The summed E-state index contributed by atoms with van der Waals surface area (Å²) in [5, 5.41) is 9.92. The van der Waals surface area contributed by atoms with Gasteiger partial charge < -0.3 is 5.11 Å².